The van der Waals surface area contributed by atoms with Crippen LogP contribution in [0.25, 0.3) is 0 Å². The number of carbonyl (C=O) groups excluding carboxylic acids is 2. The quantitative estimate of drug-likeness (QED) is 0.528. The van der Waals surface area contributed by atoms with E-state index in [9.17, 15) is 14.7 Å². The van der Waals surface area contributed by atoms with E-state index in [1.165, 1.54) is 13.2 Å². The Balaban J connectivity index is 1.77. The lowest BCUT2D eigenvalue weighted by molar-refractivity contribution is -0.140. The minimum Gasteiger partial charge on any atom is -0.504 e. The Morgan fingerprint density at radius 1 is 1.06 bits per heavy atom. The van der Waals surface area contributed by atoms with Gasteiger partial charge in [-0.1, -0.05) is 32.0 Å². The van der Waals surface area contributed by atoms with Crippen molar-refractivity contribution in [3.8, 4) is 17.2 Å². The number of hydrogen-bond acceptors (Lipinski definition) is 7. The van der Waals surface area contributed by atoms with Crippen molar-refractivity contribution in [2.75, 3.05) is 20.8 Å². The van der Waals surface area contributed by atoms with Crippen molar-refractivity contribution in [1.82, 2.24) is 5.32 Å². The summed E-state index contributed by atoms with van der Waals surface area (Å²) in [6, 6.07) is 12.7. The van der Waals surface area contributed by atoms with Crippen molar-refractivity contribution in [3.63, 3.8) is 0 Å². The molecule has 0 saturated carbocycles. The van der Waals surface area contributed by atoms with Crippen LogP contribution in [0, 0.1) is 5.92 Å². The number of aromatic hydroxyl groups is 1. The fourth-order valence-electron chi connectivity index (χ4n) is 4.95. The van der Waals surface area contributed by atoms with Gasteiger partial charge in [-0.2, -0.15) is 0 Å². The van der Waals surface area contributed by atoms with Crippen LogP contribution in [-0.4, -0.2) is 37.7 Å². The molecule has 2 aliphatic rings. The van der Waals surface area contributed by atoms with Gasteiger partial charge >= 0.3 is 5.97 Å². The van der Waals surface area contributed by atoms with E-state index in [1.807, 2.05) is 45.0 Å². The average molecular weight is 492 g/mol. The monoisotopic (exact) mass is 491 g/mol. The van der Waals surface area contributed by atoms with Gasteiger partial charge in [-0.3, -0.25) is 4.79 Å². The minimum atomic E-state index is -0.625. The van der Waals surface area contributed by atoms with E-state index in [0.717, 1.165) is 17.0 Å². The Kier molecular flexibility index (Phi) is 7.38. The van der Waals surface area contributed by atoms with Crippen molar-refractivity contribution in [2.24, 2.45) is 5.92 Å². The number of esters is 1. The van der Waals surface area contributed by atoms with Gasteiger partial charge in [0.25, 0.3) is 0 Å². The van der Waals surface area contributed by atoms with E-state index in [0.29, 0.717) is 35.2 Å². The molecule has 190 valence electrons. The molecule has 0 spiro atoms. The molecule has 1 aliphatic heterocycles. The van der Waals surface area contributed by atoms with Gasteiger partial charge in [-0.05, 0) is 60.6 Å². The number of allylic oxidation sites excluding steroid dienone is 3. The summed E-state index contributed by atoms with van der Waals surface area (Å²) in [5, 5.41) is 13.5. The zero-order valence-corrected chi connectivity index (χ0v) is 21.4. The molecule has 0 radical (unpaired) electrons. The predicted molar refractivity (Wildman–Crippen MR) is 136 cm³/mol. The van der Waals surface area contributed by atoms with Gasteiger partial charge in [-0.15, -0.1) is 0 Å². The second kappa shape index (κ2) is 10.5. The van der Waals surface area contributed by atoms with E-state index in [1.54, 1.807) is 19.2 Å². The molecule has 2 N–H and O–H groups in total. The molecule has 0 amide bonds. The highest BCUT2D eigenvalue weighted by atomic mass is 16.5. The Bertz CT molecular complexity index is 1220. The number of phenolic OH excluding ortho intramolecular Hbond substituents is 1. The Labute approximate surface area is 211 Å². The molecule has 2 aromatic rings. The lowest BCUT2D eigenvalue weighted by atomic mass is 9.71. The molecule has 36 heavy (non-hydrogen) atoms. The number of benzene rings is 2. The maximum absolute atomic E-state index is 13.7. The molecule has 2 aromatic carbocycles. The first-order valence-corrected chi connectivity index (χ1v) is 12.2. The predicted octanol–water partition coefficient (Wildman–Crippen LogP) is 4.97. The maximum Gasteiger partial charge on any atom is 0.336 e. The number of carbonyl (C=O) groups is 2. The van der Waals surface area contributed by atoms with Crippen molar-refractivity contribution < 1.29 is 28.9 Å². The van der Waals surface area contributed by atoms with Gasteiger partial charge < -0.3 is 24.6 Å². The molecule has 0 bridgehead atoms. The number of nitrogens with one attached hydrogen (secondary N) is 1. The highest BCUT2D eigenvalue weighted by Gasteiger charge is 2.41. The lowest BCUT2D eigenvalue weighted by Gasteiger charge is -2.37. The molecule has 1 aliphatic carbocycles. The highest BCUT2D eigenvalue weighted by molar-refractivity contribution is 6.04. The fraction of sp³-hybridized carbons (Fsp3) is 0.379. The molecular weight excluding hydrogens is 458 g/mol. The van der Waals surface area contributed by atoms with Crippen LogP contribution in [0.5, 0.6) is 17.2 Å². The zero-order valence-electron chi connectivity index (χ0n) is 21.4. The number of hydrogen-bond donors (Lipinski definition) is 2. The molecule has 0 fully saturated rings. The third kappa shape index (κ3) is 4.96. The van der Waals surface area contributed by atoms with Crippen LogP contribution < -0.4 is 14.8 Å². The molecule has 2 atom stereocenters. The van der Waals surface area contributed by atoms with E-state index in [2.05, 4.69) is 5.32 Å². The zero-order chi connectivity index (χ0) is 26.0. The topological polar surface area (TPSA) is 94.1 Å². The summed E-state index contributed by atoms with van der Waals surface area (Å²) in [5.74, 6) is 0.108. The van der Waals surface area contributed by atoms with E-state index < -0.39 is 11.9 Å². The van der Waals surface area contributed by atoms with Gasteiger partial charge in [0.15, 0.2) is 17.3 Å². The summed E-state index contributed by atoms with van der Waals surface area (Å²) < 4.78 is 16.2. The summed E-state index contributed by atoms with van der Waals surface area (Å²) in [4.78, 5) is 27.0. The van der Waals surface area contributed by atoms with Crippen molar-refractivity contribution in [1.29, 1.82) is 0 Å². The molecule has 0 saturated heterocycles. The van der Waals surface area contributed by atoms with Crippen molar-refractivity contribution in [2.45, 2.75) is 45.4 Å². The van der Waals surface area contributed by atoms with Gasteiger partial charge in [0.1, 0.15) is 5.75 Å². The number of rotatable bonds is 7. The molecule has 7 nitrogen and oxygen atoms in total. The highest BCUT2D eigenvalue weighted by Crippen LogP contribution is 2.47. The standard InChI is InChI=1S/C29H33NO6/c1-16(2)15-36-29(33)26-17(3)30-22-12-20(18-6-9-21(34-4)10-7-18)13-24(32)28(22)27(26)19-8-11-23(31)25(14-19)35-5/h6-11,14,16,20,27,30-31H,12-13,15H2,1-5H3/t20-,27+/m0/s1. The number of ketones is 1. The van der Waals surface area contributed by atoms with E-state index >= 15 is 0 Å². The Morgan fingerprint density at radius 3 is 2.39 bits per heavy atom. The fourth-order valence-corrected chi connectivity index (χ4v) is 4.95. The smallest absolute Gasteiger partial charge is 0.336 e. The largest absolute Gasteiger partial charge is 0.504 e. The number of methoxy groups -OCH3 is 2. The summed E-state index contributed by atoms with van der Waals surface area (Å²) in [5.41, 5.74) is 4.17. The van der Waals surface area contributed by atoms with E-state index in [4.69, 9.17) is 14.2 Å². The average Bonchev–Trinajstić information content (AvgIpc) is 2.86. The lowest BCUT2D eigenvalue weighted by Crippen LogP contribution is -2.36. The molecule has 4 rings (SSSR count). The van der Waals surface area contributed by atoms with Gasteiger partial charge in [0, 0.05) is 29.3 Å². The van der Waals surface area contributed by atoms with Crippen molar-refractivity contribution >= 4 is 11.8 Å². The number of phenols is 1. The van der Waals surface area contributed by atoms with Gasteiger partial charge in [0.05, 0.1) is 26.4 Å². The maximum atomic E-state index is 13.7. The number of ether oxygens (including phenoxy) is 3. The van der Waals surface area contributed by atoms with Crippen LogP contribution in [0.1, 0.15) is 56.6 Å². The van der Waals surface area contributed by atoms with Crippen LogP contribution in [-0.2, 0) is 14.3 Å². The first-order valence-electron chi connectivity index (χ1n) is 12.2. The molecule has 1 heterocycles. The second-order valence-electron chi connectivity index (χ2n) is 9.71. The number of Topliss-reactive ketones (excluding diaryl/α,β-unsaturated/α-hetero) is 1. The molecule has 0 unspecified atom stereocenters. The second-order valence-corrected chi connectivity index (χ2v) is 9.71. The first-order chi connectivity index (χ1) is 17.2. The van der Waals surface area contributed by atoms with Crippen LogP contribution in [0.3, 0.4) is 0 Å². The van der Waals surface area contributed by atoms with E-state index in [-0.39, 0.29) is 35.7 Å². The Hall–Kier alpha value is -3.74. The summed E-state index contributed by atoms with van der Waals surface area (Å²) in [7, 11) is 3.09. The minimum absolute atomic E-state index is 0.00639. The normalized spacial score (nSPS) is 19.7. The Morgan fingerprint density at radius 2 is 1.75 bits per heavy atom. The number of dihydropyridines is 1. The third-order valence-corrected chi connectivity index (χ3v) is 6.72. The summed E-state index contributed by atoms with van der Waals surface area (Å²) in [6.07, 6.45) is 0.955. The van der Waals surface area contributed by atoms with Crippen LogP contribution in [0.2, 0.25) is 0 Å². The van der Waals surface area contributed by atoms with Crippen LogP contribution >= 0.6 is 0 Å². The SMILES string of the molecule is COc1ccc([C@@H]2CC(=O)C3=C(C2)NC(C)=C(C(=O)OCC(C)C)[C@H]3c2ccc(O)c(OC)c2)cc1. The van der Waals surface area contributed by atoms with Gasteiger partial charge in [-0.25, -0.2) is 4.79 Å². The van der Waals surface area contributed by atoms with Crippen LogP contribution in [0.4, 0.5) is 0 Å². The summed E-state index contributed by atoms with van der Waals surface area (Å²) >= 11 is 0. The molecule has 0 aromatic heterocycles. The van der Waals surface area contributed by atoms with Crippen LogP contribution in [0.15, 0.2) is 65.0 Å². The molecular formula is C29H33NO6. The summed E-state index contributed by atoms with van der Waals surface area (Å²) in [6.45, 7) is 6.06. The first kappa shape index (κ1) is 25.4. The van der Waals surface area contributed by atoms with Gasteiger partial charge in [0.2, 0.25) is 0 Å². The third-order valence-electron chi connectivity index (χ3n) is 6.72. The van der Waals surface area contributed by atoms with Crippen molar-refractivity contribution in [3.05, 3.63) is 76.1 Å². The molecule has 7 heteroatoms.